The molecule has 1 aromatic carbocycles. The first kappa shape index (κ1) is 22.1. The highest BCUT2D eigenvalue weighted by atomic mass is 35.5. The van der Waals surface area contributed by atoms with Crippen LogP contribution in [0.5, 0.6) is 0 Å². The van der Waals surface area contributed by atoms with Crippen molar-refractivity contribution in [1.82, 2.24) is 9.47 Å². The zero-order chi connectivity index (χ0) is 22.2. The van der Waals surface area contributed by atoms with Crippen LogP contribution in [-0.4, -0.2) is 39.2 Å². The number of esters is 1. The first-order valence-corrected chi connectivity index (χ1v) is 10.4. The van der Waals surface area contributed by atoms with Crippen LogP contribution in [-0.2, 0) is 14.3 Å². The van der Waals surface area contributed by atoms with Crippen LogP contribution in [0.4, 0.5) is 9.18 Å². The molecule has 6 nitrogen and oxygen atoms in total. The van der Waals surface area contributed by atoms with Crippen molar-refractivity contribution in [2.75, 3.05) is 6.61 Å². The van der Waals surface area contributed by atoms with Crippen molar-refractivity contribution in [3.05, 3.63) is 57.0 Å². The number of carbonyl (C=O) groups is 3. The van der Waals surface area contributed by atoms with E-state index in [-0.39, 0.29) is 16.5 Å². The number of hydrogen-bond donors (Lipinski definition) is 0. The van der Waals surface area contributed by atoms with Crippen LogP contribution in [0, 0.1) is 19.7 Å². The number of ether oxygens (including phenoxy) is 1. The summed E-state index contributed by atoms with van der Waals surface area (Å²) in [5, 5.41) is -0.512. The maximum absolute atomic E-state index is 13.5. The molecule has 1 aliphatic heterocycles. The van der Waals surface area contributed by atoms with E-state index < -0.39 is 29.0 Å². The monoisotopic (exact) mass is 450 g/mol. The van der Waals surface area contributed by atoms with Gasteiger partial charge < -0.3 is 9.30 Å². The number of aromatic nitrogens is 1. The second kappa shape index (κ2) is 8.65. The van der Waals surface area contributed by atoms with Gasteiger partial charge in [-0.05, 0) is 75.4 Å². The summed E-state index contributed by atoms with van der Waals surface area (Å²) in [5.41, 5.74) is 3.04. The van der Waals surface area contributed by atoms with Crippen LogP contribution in [0.2, 0.25) is 5.02 Å². The van der Waals surface area contributed by atoms with Crippen LogP contribution in [0.15, 0.2) is 29.2 Å². The van der Waals surface area contributed by atoms with Gasteiger partial charge in [-0.2, -0.15) is 0 Å². The van der Waals surface area contributed by atoms with E-state index in [2.05, 4.69) is 0 Å². The molecule has 0 radical (unpaired) electrons. The summed E-state index contributed by atoms with van der Waals surface area (Å²) in [4.78, 5) is 38.2. The number of hydrogen-bond acceptors (Lipinski definition) is 5. The van der Waals surface area contributed by atoms with E-state index in [1.54, 1.807) is 19.1 Å². The van der Waals surface area contributed by atoms with Gasteiger partial charge in [0.1, 0.15) is 11.9 Å². The molecular weight excluding hydrogens is 431 g/mol. The lowest BCUT2D eigenvalue weighted by Crippen LogP contribution is -2.42. The van der Waals surface area contributed by atoms with E-state index in [1.165, 1.54) is 19.1 Å². The van der Waals surface area contributed by atoms with Gasteiger partial charge in [0.2, 0.25) is 0 Å². The van der Waals surface area contributed by atoms with Crippen LogP contribution >= 0.6 is 23.4 Å². The highest BCUT2D eigenvalue weighted by Gasteiger charge is 2.41. The summed E-state index contributed by atoms with van der Waals surface area (Å²) >= 11 is 6.69. The van der Waals surface area contributed by atoms with E-state index in [1.807, 2.05) is 24.5 Å². The van der Waals surface area contributed by atoms with Gasteiger partial charge in [-0.1, -0.05) is 11.6 Å². The van der Waals surface area contributed by atoms with Crippen molar-refractivity contribution in [3.8, 4) is 5.69 Å². The Labute approximate surface area is 182 Å². The lowest BCUT2D eigenvalue weighted by Gasteiger charge is -2.19. The molecule has 30 heavy (non-hydrogen) atoms. The largest absolute Gasteiger partial charge is 0.464 e. The van der Waals surface area contributed by atoms with Gasteiger partial charge in [0.05, 0.1) is 16.5 Å². The summed E-state index contributed by atoms with van der Waals surface area (Å²) in [5.74, 6) is -1.68. The SMILES string of the molecule is CCOC(=O)[C@H](C)N1C(=O)S/C(=C/c2cc(C)n(-c3ccc(F)c(Cl)c3)c2C)C1=O. The highest BCUT2D eigenvalue weighted by Crippen LogP contribution is 2.35. The lowest BCUT2D eigenvalue weighted by atomic mass is 10.2. The normalized spacial score (nSPS) is 16.5. The molecule has 3 rings (SSSR count). The molecule has 0 N–H and O–H groups in total. The molecule has 0 spiro atoms. The van der Waals surface area contributed by atoms with E-state index in [0.29, 0.717) is 5.69 Å². The minimum atomic E-state index is -1.00. The number of halogens is 2. The predicted octanol–water partition coefficient (Wildman–Crippen LogP) is 4.87. The summed E-state index contributed by atoms with van der Waals surface area (Å²) < 4.78 is 20.3. The van der Waals surface area contributed by atoms with Crippen molar-refractivity contribution in [3.63, 3.8) is 0 Å². The second-order valence-corrected chi connectivity index (χ2v) is 8.14. The van der Waals surface area contributed by atoms with Crippen molar-refractivity contribution in [2.45, 2.75) is 33.7 Å². The zero-order valence-electron chi connectivity index (χ0n) is 16.9. The van der Waals surface area contributed by atoms with Gasteiger partial charge in [0.25, 0.3) is 11.1 Å². The van der Waals surface area contributed by atoms with Crippen molar-refractivity contribution in [1.29, 1.82) is 0 Å². The van der Waals surface area contributed by atoms with Gasteiger partial charge in [-0.25, -0.2) is 9.18 Å². The number of thioether (sulfide) groups is 1. The third-order valence-corrected chi connectivity index (χ3v) is 5.93. The zero-order valence-corrected chi connectivity index (χ0v) is 18.4. The molecule has 158 valence electrons. The average Bonchev–Trinajstić information content (AvgIpc) is 3.12. The summed E-state index contributed by atoms with van der Waals surface area (Å²) in [6.07, 6.45) is 1.62. The fraction of sp³-hybridized carbons (Fsp3) is 0.286. The van der Waals surface area contributed by atoms with Crippen molar-refractivity contribution >= 4 is 46.6 Å². The number of aryl methyl sites for hydroxylation is 1. The van der Waals surface area contributed by atoms with Gasteiger partial charge >= 0.3 is 5.97 Å². The first-order valence-electron chi connectivity index (χ1n) is 9.23. The fourth-order valence-corrected chi connectivity index (χ4v) is 4.35. The predicted molar refractivity (Wildman–Crippen MR) is 114 cm³/mol. The standard InChI is InChI=1S/C21H20ClFN2O4S/c1-5-29-20(27)13(4)25-19(26)18(30-21(25)28)9-14-8-11(2)24(12(14)3)15-6-7-17(23)16(22)10-15/h6-10,13H,5H2,1-4H3/b18-9+/t13-/m0/s1. The Morgan fingerprint density at radius 2 is 2.00 bits per heavy atom. The maximum Gasteiger partial charge on any atom is 0.329 e. The molecule has 2 amide bonds. The molecule has 0 aliphatic carbocycles. The molecule has 0 bridgehead atoms. The summed E-state index contributed by atoms with van der Waals surface area (Å²) in [6, 6.07) is 5.28. The number of imide groups is 1. The van der Waals surface area contributed by atoms with Crippen LogP contribution in [0.1, 0.15) is 30.8 Å². The van der Waals surface area contributed by atoms with Crippen LogP contribution in [0.25, 0.3) is 11.8 Å². The third-order valence-electron chi connectivity index (χ3n) is 4.76. The molecule has 2 aromatic rings. The minimum Gasteiger partial charge on any atom is -0.464 e. The molecule has 9 heteroatoms. The molecule has 1 aliphatic rings. The fourth-order valence-electron chi connectivity index (χ4n) is 3.28. The van der Waals surface area contributed by atoms with E-state index in [0.717, 1.165) is 33.6 Å². The smallest absolute Gasteiger partial charge is 0.329 e. The Kier molecular flexibility index (Phi) is 6.38. The molecule has 1 saturated heterocycles. The Morgan fingerprint density at radius 3 is 2.63 bits per heavy atom. The molecule has 2 heterocycles. The van der Waals surface area contributed by atoms with Crippen LogP contribution < -0.4 is 0 Å². The lowest BCUT2D eigenvalue weighted by molar-refractivity contribution is -0.150. The summed E-state index contributed by atoms with van der Waals surface area (Å²) in [6.45, 7) is 7.00. The van der Waals surface area contributed by atoms with Gasteiger partial charge in [-0.3, -0.25) is 14.5 Å². The Hall–Kier alpha value is -2.58. The molecule has 0 saturated carbocycles. The van der Waals surface area contributed by atoms with E-state index >= 15 is 0 Å². The molecule has 1 atom stereocenters. The second-order valence-electron chi connectivity index (χ2n) is 6.74. The molecule has 1 fully saturated rings. The van der Waals surface area contributed by atoms with Gasteiger partial charge in [0.15, 0.2) is 0 Å². The third kappa shape index (κ3) is 4.02. The number of amides is 2. The minimum absolute atomic E-state index is 0.00984. The van der Waals surface area contributed by atoms with E-state index in [4.69, 9.17) is 16.3 Å². The number of benzene rings is 1. The number of carbonyl (C=O) groups excluding carboxylic acids is 3. The quantitative estimate of drug-likeness (QED) is 0.480. The highest BCUT2D eigenvalue weighted by molar-refractivity contribution is 8.18. The Balaban J connectivity index is 1.94. The molecule has 0 unspecified atom stereocenters. The Morgan fingerprint density at radius 1 is 1.30 bits per heavy atom. The van der Waals surface area contributed by atoms with Crippen molar-refractivity contribution < 1.29 is 23.5 Å². The molecule has 1 aromatic heterocycles. The van der Waals surface area contributed by atoms with E-state index in [9.17, 15) is 18.8 Å². The van der Waals surface area contributed by atoms with Gasteiger partial charge in [0, 0.05) is 17.1 Å². The van der Waals surface area contributed by atoms with Crippen LogP contribution in [0.3, 0.4) is 0 Å². The molecular formula is C21H20ClFN2O4S. The first-order chi connectivity index (χ1) is 14.1. The van der Waals surface area contributed by atoms with Crippen molar-refractivity contribution in [2.24, 2.45) is 0 Å². The maximum atomic E-state index is 13.5. The number of nitrogens with zero attached hydrogens (tertiary/aromatic N) is 2. The van der Waals surface area contributed by atoms with Gasteiger partial charge in [-0.15, -0.1) is 0 Å². The summed E-state index contributed by atoms with van der Waals surface area (Å²) in [7, 11) is 0. The average molecular weight is 451 g/mol. The topological polar surface area (TPSA) is 68.6 Å². The number of rotatable bonds is 5. The Bertz CT molecular complexity index is 1080.